The number of carbonyl (C=O) groups excluding carboxylic acids is 4. The number of sulfonamides is 2. The first-order valence-electron chi connectivity index (χ1n) is 25.0. The Bertz CT molecular complexity index is 2010. The molecule has 2 aromatic carbocycles. The first-order chi connectivity index (χ1) is 33.2. The molecule has 0 aliphatic carbocycles. The summed E-state index contributed by atoms with van der Waals surface area (Å²) in [5.74, 6) is -1.32. The Kier molecular flexibility index (Phi) is 24.2. The average molecular weight is 1020 g/mol. The van der Waals surface area contributed by atoms with Crippen molar-refractivity contribution in [3.8, 4) is 0 Å². The van der Waals surface area contributed by atoms with Gasteiger partial charge >= 0.3 is 0 Å². The van der Waals surface area contributed by atoms with Crippen molar-refractivity contribution in [3.05, 3.63) is 71.8 Å². The van der Waals surface area contributed by atoms with Gasteiger partial charge < -0.3 is 40.5 Å². The van der Waals surface area contributed by atoms with E-state index in [1.54, 1.807) is 51.6 Å². The molecule has 20 heteroatoms. The van der Waals surface area contributed by atoms with E-state index in [1.807, 2.05) is 60.7 Å². The highest BCUT2D eigenvalue weighted by atomic mass is 32.2. The topological polar surface area (TPSA) is 216 Å². The first kappa shape index (κ1) is 58.5. The summed E-state index contributed by atoms with van der Waals surface area (Å²) in [5, 5.41) is 11.7. The maximum atomic E-state index is 14.3. The zero-order valence-corrected chi connectivity index (χ0v) is 44.4. The Morgan fingerprint density at radius 2 is 0.957 bits per heavy atom. The van der Waals surface area contributed by atoms with Gasteiger partial charge in [-0.1, -0.05) is 73.5 Å². The van der Waals surface area contributed by atoms with Crippen molar-refractivity contribution in [1.82, 2.24) is 39.7 Å². The van der Waals surface area contributed by atoms with Crippen LogP contribution < -0.4 is 21.3 Å². The van der Waals surface area contributed by atoms with Crippen molar-refractivity contribution in [2.24, 2.45) is 0 Å². The normalized spacial score (nSPS) is 19.2. The lowest BCUT2D eigenvalue weighted by Crippen LogP contribution is -2.58. The molecule has 8 atom stereocenters. The second kappa shape index (κ2) is 28.9. The van der Waals surface area contributed by atoms with Gasteiger partial charge in [-0.15, -0.1) is 0 Å². The molecule has 2 fully saturated rings. The number of likely N-dealkylation sites (N-methyl/N-ethyl adjacent to an activating group) is 2. The number of likely N-dealkylation sites (tertiary alicyclic amines) is 2. The standard InChI is InChI=1S/C50H82N8O10S2/c1-37(51-5)47(59)53-45(49(61)57-29-19-25-43(57)35-55(69(7,63)64)31-27-41-21-13-11-14-22-41)39(3)67-33-17-9-10-18-34-68-40(4)46(54-48(60)38(2)52-6)50(62)58-30-20-26-44(58)36-56(70(8,65)66)32-28-42-23-15-12-16-24-42/h11-16,21-24,37-40,43-46,51-52H,9-10,17-20,25-36H2,1-8H3,(H,53,59)(H,54,60)/t37-,38+,39-,40-,43-,44-,45?,46-/m0/s1. The van der Waals surface area contributed by atoms with Crippen LogP contribution in [-0.4, -0.2) is 186 Å². The predicted molar refractivity (Wildman–Crippen MR) is 273 cm³/mol. The van der Waals surface area contributed by atoms with Gasteiger partial charge in [0.2, 0.25) is 43.7 Å². The fraction of sp³-hybridized carbons (Fsp3) is 0.680. The summed E-state index contributed by atoms with van der Waals surface area (Å²) in [5.41, 5.74) is 2.04. The zero-order chi connectivity index (χ0) is 51.4. The number of benzene rings is 2. The summed E-state index contributed by atoms with van der Waals surface area (Å²) < 4.78 is 67.0. The Hall–Kier alpha value is -4.02. The molecule has 70 heavy (non-hydrogen) atoms. The lowest BCUT2D eigenvalue weighted by molar-refractivity contribution is -0.142. The van der Waals surface area contributed by atoms with Crippen molar-refractivity contribution in [2.75, 3.05) is 79.1 Å². The number of rotatable bonds is 31. The molecule has 0 saturated carbocycles. The van der Waals surface area contributed by atoms with E-state index in [1.165, 1.54) is 21.1 Å². The largest absolute Gasteiger partial charge is 0.376 e. The zero-order valence-electron chi connectivity index (χ0n) is 42.8. The molecule has 0 radical (unpaired) electrons. The maximum absolute atomic E-state index is 14.3. The molecular weight excluding hydrogens is 937 g/mol. The van der Waals surface area contributed by atoms with Gasteiger partial charge in [-0.3, -0.25) is 19.2 Å². The Morgan fingerprint density at radius 1 is 0.600 bits per heavy atom. The van der Waals surface area contributed by atoms with Gasteiger partial charge in [0.25, 0.3) is 0 Å². The van der Waals surface area contributed by atoms with Crippen LogP contribution in [0.5, 0.6) is 0 Å². The summed E-state index contributed by atoms with van der Waals surface area (Å²) in [7, 11) is -3.81. The van der Waals surface area contributed by atoms with Crippen LogP contribution in [0.1, 0.15) is 90.2 Å². The van der Waals surface area contributed by atoms with E-state index < -0.39 is 56.4 Å². The molecule has 1 unspecified atom stereocenters. The third-order valence-electron chi connectivity index (χ3n) is 13.6. The van der Waals surface area contributed by atoms with Crippen LogP contribution in [0.3, 0.4) is 0 Å². The van der Waals surface area contributed by atoms with Crippen molar-refractivity contribution < 1.29 is 45.5 Å². The van der Waals surface area contributed by atoms with Crippen molar-refractivity contribution in [1.29, 1.82) is 0 Å². The minimum Gasteiger partial charge on any atom is -0.376 e. The number of nitrogens with one attached hydrogen (secondary N) is 4. The number of ether oxygens (including phenoxy) is 2. The van der Waals surface area contributed by atoms with Crippen LogP contribution in [0.15, 0.2) is 60.7 Å². The molecule has 4 rings (SSSR count). The summed E-state index contributed by atoms with van der Waals surface area (Å²) >= 11 is 0. The van der Waals surface area contributed by atoms with Gasteiger partial charge in [-0.2, -0.15) is 8.61 Å². The first-order valence-corrected chi connectivity index (χ1v) is 28.7. The van der Waals surface area contributed by atoms with Crippen LogP contribution in [-0.2, 0) is 61.5 Å². The van der Waals surface area contributed by atoms with Crippen LogP contribution in [0, 0.1) is 0 Å². The Balaban J connectivity index is 1.30. The molecule has 0 aromatic heterocycles. The fourth-order valence-electron chi connectivity index (χ4n) is 8.91. The van der Waals surface area contributed by atoms with Crippen molar-refractivity contribution in [2.45, 2.75) is 140 Å². The molecule has 2 aliphatic heterocycles. The number of hydrogen-bond donors (Lipinski definition) is 4. The molecule has 0 spiro atoms. The molecule has 2 aromatic rings. The SMILES string of the molecule is CN[C@@H](C)C(=O)NC(C(=O)N1CCC[C@H]1CN(CCc1ccccc1)S(C)(=O)=O)[C@H](C)OCCCCCCO[C@@H](C)[C@H](NC(=O)[C@@H](C)NC)C(=O)N1CCC[C@H]1CN(CCc1ccccc1)S(C)(=O)=O. The van der Waals surface area contributed by atoms with Crippen LogP contribution in [0.25, 0.3) is 0 Å². The summed E-state index contributed by atoms with van der Waals surface area (Å²) in [4.78, 5) is 58.4. The number of nitrogens with zero attached hydrogens (tertiary/aromatic N) is 4. The molecule has 4 N–H and O–H groups in total. The average Bonchev–Trinajstić information content (AvgIpc) is 4.02. The predicted octanol–water partition coefficient (Wildman–Crippen LogP) is 2.53. The molecule has 2 heterocycles. The second-order valence-electron chi connectivity index (χ2n) is 18.9. The van der Waals surface area contributed by atoms with Gasteiger partial charge in [-0.05, 0) is 104 Å². The van der Waals surface area contributed by atoms with Gasteiger partial charge in [-0.25, -0.2) is 16.8 Å². The highest BCUT2D eigenvalue weighted by Crippen LogP contribution is 2.24. The summed E-state index contributed by atoms with van der Waals surface area (Å²) in [6.45, 7) is 9.36. The summed E-state index contributed by atoms with van der Waals surface area (Å²) in [6.07, 6.45) is 7.69. The van der Waals surface area contributed by atoms with Gasteiger partial charge in [0, 0.05) is 64.6 Å². The number of unbranched alkanes of at least 4 members (excludes halogenated alkanes) is 3. The monoisotopic (exact) mass is 1020 g/mol. The smallest absolute Gasteiger partial charge is 0.248 e. The van der Waals surface area contributed by atoms with Gasteiger partial charge in [0.05, 0.1) is 36.8 Å². The van der Waals surface area contributed by atoms with Crippen LogP contribution in [0.2, 0.25) is 0 Å². The maximum Gasteiger partial charge on any atom is 0.248 e. The van der Waals surface area contributed by atoms with E-state index in [9.17, 15) is 36.0 Å². The van der Waals surface area contributed by atoms with Crippen LogP contribution >= 0.6 is 0 Å². The molecule has 394 valence electrons. The highest BCUT2D eigenvalue weighted by molar-refractivity contribution is 7.88. The van der Waals surface area contributed by atoms with E-state index >= 15 is 0 Å². The third-order valence-corrected chi connectivity index (χ3v) is 16.1. The van der Waals surface area contributed by atoms with E-state index in [0.29, 0.717) is 77.7 Å². The van der Waals surface area contributed by atoms with Crippen LogP contribution in [0.4, 0.5) is 0 Å². The number of hydrogen-bond acceptors (Lipinski definition) is 12. The summed E-state index contributed by atoms with van der Waals surface area (Å²) in [6, 6.07) is 15.5. The lowest BCUT2D eigenvalue weighted by Gasteiger charge is -2.34. The van der Waals surface area contributed by atoms with E-state index in [2.05, 4.69) is 21.3 Å². The third kappa shape index (κ3) is 18.5. The number of carbonyl (C=O) groups is 4. The molecule has 18 nitrogen and oxygen atoms in total. The van der Waals surface area contributed by atoms with Gasteiger partial charge in [0.1, 0.15) is 12.1 Å². The van der Waals surface area contributed by atoms with Gasteiger partial charge in [0.15, 0.2) is 0 Å². The Labute approximate surface area is 418 Å². The van der Waals surface area contributed by atoms with Crippen molar-refractivity contribution in [3.63, 3.8) is 0 Å². The minimum absolute atomic E-state index is 0.158. The molecule has 4 amide bonds. The fourth-order valence-corrected chi connectivity index (χ4v) is 10.6. The lowest BCUT2D eigenvalue weighted by atomic mass is 10.1. The van der Waals surface area contributed by atoms with E-state index in [4.69, 9.17) is 9.47 Å². The number of amides is 4. The van der Waals surface area contributed by atoms with E-state index in [0.717, 1.165) is 24.0 Å². The highest BCUT2D eigenvalue weighted by Gasteiger charge is 2.40. The second-order valence-corrected chi connectivity index (χ2v) is 22.9. The van der Waals surface area contributed by atoms with Crippen molar-refractivity contribution >= 4 is 43.7 Å². The minimum atomic E-state index is -3.57. The van der Waals surface area contributed by atoms with E-state index in [-0.39, 0.29) is 61.9 Å². The molecular formula is C50H82N8O10S2. The quantitative estimate of drug-likeness (QED) is 0.0803. The Morgan fingerprint density at radius 3 is 1.29 bits per heavy atom. The molecule has 2 aliphatic rings. The molecule has 2 saturated heterocycles. The molecule has 0 bridgehead atoms.